The van der Waals surface area contributed by atoms with Gasteiger partial charge < -0.3 is 10.0 Å². The van der Waals surface area contributed by atoms with Gasteiger partial charge in [-0.25, -0.2) is 0 Å². The summed E-state index contributed by atoms with van der Waals surface area (Å²) < 4.78 is 0. The Bertz CT molecular complexity index is 339. The third-order valence-electron chi connectivity index (χ3n) is 4.19. The molecule has 102 valence electrons. The van der Waals surface area contributed by atoms with Crippen molar-refractivity contribution >= 4 is 23.6 Å². The molecule has 1 saturated carbocycles. The lowest BCUT2D eigenvalue weighted by Gasteiger charge is -2.35. The smallest absolute Gasteiger partial charge is 0.310 e. The molecule has 4 nitrogen and oxygen atoms in total. The zero-order valence-corrected chi connectivity index (χ0v) is 11.7. The van der Waals surface area contributed by atoms with Crippen LogP contribution in [0.5, 0.6) is 0 Å². The summed E-state index contributed by atoms with van der Waals surface area (Å²) in [6, 6.07) is 0.239. The summed E-state index contributed by atoms with van der Waals surface area (Å²) in [6.07, 6.45) is 3.38. The van der Waals surface area contributed by atoms with Crippen molar-refractivity contribution in [3.05, 3.63) is 0 Å². The molecule has 1 unspecified atom stereocenters. The molecule has 1 amide bonds. The average Bonchev–Trinajstić information content (AvgIpc) is 2.79. The molecule has 2 fully saturated rings. The average molecular weight is 271 g/mol. The third-order valence-corrected chi connectivity index (χ3v) is 5.38. The van der Waals surface area contributed by atoms with Crippen LogP contribution >= 0.6 is 11.8 Å². The first-order valence-corrected chi connectivity index (χ1v) is 7.81. The normalized spacial score (nSPS) is 27.2. The Morgan fingerprint density at radius 3 is 2.61 bits per heavy atom. The highest BCUT2D eigenvalue weighted by Gasteiger charge is 2.44. The van der Waals surface area contributed by atoms with E-state index in [2.05, 4.69) is 0 Å². The van der Waals surface area contributed by atoms with Gasteiger partial charge in [-0.05, 0) is 19.8 Å². The van der Waals surface area contributed by atoms with Crippen LogP contribution in [-0.4, -0.2) is 46.0 Å². The first kappa shape index (κ1) is 13.7. The molecule has 2 rings (SSSR count). The molecule has 1 atom stereocenters. The van der Waals surface area contributed by atoms with E-state index in [0.717, 1.165) is 30.9 Å². The Balaban J connectivity index is 2.03. The Morgan fingerprint density at radius 1 is 1.39 bits per heavy atom. The van der Waals surface area contributed by atoms with Crippen molar-refractivity contribution in [2.75, 3.05) is 18.1 Å². The topological polar surface area (TPSA) is 57.6 Å². The highest BCUT2D eigenvalue weighted by molar-refractivity contribution is 7.99. The number of rotatable bonds is 3. The number of carbonyl (C=O) groups is 2. The van der Waals surface area contributed by atoms with Gasteiger partial charge in [0.1, 0.15) is 0 Å². The highest BCUT2D eigenvalue weighted by Crippen LogP contribution is 2.42. The molecule has 18 heavy (non-hydrogen) atoms. The van der Waals surface area contributed by atoms with Gasteiger partial charge in [-0.15, -0.1) is 0 Å². The van der Waals surface area contributed by atoms with Gasteiger partial charge in [-0.1, -0.05) is 12.8 Å². The lowest BCUT2D eigenvalue weighted by Crippen LogP contribution is -2.47. The van der Waals surface area contributed by atoms with Crippen LogP contribution in [0.15, 0.2) is 0 Å². The van der Waals surface area contributed by atoms with Gasteiger partial charge in [0, 0.05) is 30.5 Å². The number of hydrogen-bond donors (Lipinski definition) is 1. The number of amides is 1. The molecule has 5 heteroatoms. The minimum absolute atomic E-state index is 0.0344. The number of nitrogens with zero attached hydrogens (tertiary/aromatic N) is 1. The fraction of sp³-hybridized carbons (Fsp3) is 0.846. The van der Waals surface area contributed by atoms with E-state index >= 15 is 0 Å². The molecule has 1 heterocycles. The Kier molecular flexibility index (Phi) is 4.20. The zero-order chi connectivity index (χ0) is 13.2. The molecule has 0 aromatic carbocycles. The highest BCUT2D eigenvalue weighted by atomic mass is 32.2. The summed E-state index contributed by atoms with van der Waals surface area (Å²) in [4.78, 5) is 25.7. The maximum absolute atomic E-state index is 12.3. The largest absolute Gasteiger partial charge is 0.481 e. The summed E-state index contributed by atoms with van der Waals surface area (Å²) in [5.41, 5.74) is -0.776. The Hall–Kier alpha value is -0.710. The maximum Gasteiger partial charge on any atom is 0.310 e. The van der Waals surface area contributed by atoms with E-state index < -0.39 is 11.4 Å². The summed E-state index contributed by atoms with van der Waals surface area (Å²) in [6.45, 7) is 2.81. The molecular formula is C13H21NO3S. The van der Waals surface area contributed by atoms with Crippen molar-refractivity contribution in [1.29, 1.82) is 0 Å². The molecule has 1 saturated heterocycles. The standard InChI is InChI=1S/C13H21NO3S/c1-10-9-18-7-6-14(10)11(15)8-13(12(16)17)4-2-3-5-13/h10H,2-9H2,1H3,(H,16,17). The summed E-state index contributed by atoms with van der Waals surface area (Å²) in [5, 5.41) is 9.40. The number of aliphatic carboxylic acids is 1. The molecule has 0 bridgehead atoms. The van der Waals surface area contributed by atoms with Gasteiger partial charge in [-0.2, -0.15) is 11.8 Å². The number of carboxylic acids is 1. The van der Waals surface area contributed by atoms with Gasteiger partial charge in [0.15, 0.2) is 0 Å². The third kappa shape index (κ3) is 2.66. The van der Waals surface area contributed by atoms with Crippen molar-refractivity contribution in [1.82, 2.24) is 4.90 Å². The van der Waals surface area contributed by atoms with E-state index in [-0.39, 0.29) is 18.4 Å². The summed E-state index contributed by atoms with van der Waals surface area (Å²) in [7, 11) is 0. The molecule has 0 aromatic heterocycles. The second-order valence-electron chi connectivity index (χ2n) is 5.48. The molecule has 0 spiro atoms. The molecular weight excluding hydrogens is 250 g/mol. The van der Waals surface area contributed by atoms with Gasteiger partial charge >= 0.3 is 5.97 Å². The van der Waals surface area contributed by atoms with Gasteiger partial charge in [-0.3, -0.25) is 9.59 Å². The Morgan fingerprint density at radius 2 is 2.06 bits per heavy atom. The molecule has 1 N–H and O–H groups in total. The van der Waals surface area contributed by atoms with Crippen LogP contribution in [-0.2, 0) is 9.59 Å². The van der Waals surface area contributed by atoms with Crippen molar-refractivity contribution < 1.29 is 14.7 Å². The molecule has 1 aliphatic heterocycles. The van der Waals surface area contributed by atoms with Crippen LogP contribution < -0.4 is 0 Å². The number of thioether (sulfide) groups is 1. The lowest BCUT2D eigenvalue weighted by atomic mass is 9.82. The molecule has 1 aliphatic carbocycles. The monoisotopic (exact) mass is 271 g/mol. The van der Waals surface area contributed by atoms with Crippen molar-refractivity contribution in [2.24, 2.45) is 5.41 Å². The number of carbonyl (C=O) groups excluding carboxylic acids is 1. The van der Waals surface area contributed by atoms with Crippen LogP contribution in [0.2, 0.25) is 0 Å². The molecule has 2 aliphatic rings. The molecule has 0 radical (unpaired) electrons. The van der Waals surface area contributed by atoms with E-state index in [0.29, 0.717) is 12.8 Å². The Labute approximate surface area is 112 Å². The van der Waals surface area contributed by atoms with Crippen LogP contribution in [0, 0.1) is 5.41 Å². The van der Waals surface area contributed by atoms with Crippen LogP contribution in [0.4, 0.5) is 0 Å². The van der Waals surface area contributed by atoms with Gasteiger partial charge in [0.2, 0.25) is 5.91 Å². The SMILES string of the molecule is CC1CSCCN1C(=O)CC1(C(=O)O)CCCC1. The zero-order valence-electron chi connectivity index (χ0n) is 10.9. The number of carboxylic acid groups (broad SMARTS) is 1. The maximum atomic E-state index is 12.3. The molecule has 0 aromatic rings. The fourth-order valence-corrected chi connectivity index (χ4v) is 4.02. The minimum atomic E-state index is -0.785. The minimum Gasteiger partial charge on any atom is -0.481 e. The fourth-order valence-electron chi connectivity index (χ4n) is 3.01. The van der Waals surface area contributed by atoms with Crippen molar-refractivity contribution in [2.45, 2.75) is 45.1 Å². The van der Waals surface area contributed by atoms with Crippen LogP contribution in [0.3, 0.4) is 0 Å². The van der Waals surface area contributed by atoms with Crippen molar-refractivity contribution in [3.63, 3.8) is 0 Å². The van der Waals surface area contributed by atoms with E-state index in [1.807, 2.05) is 23.6 Å². The summed E-state index contributed by atoms with van der Waals surface area (Å²) >= 11 is 1.86. The van der Waals surface area contributed by atoms with E-state index in [1.165, 1.54) is 0 Å². The van der Waals surface area contributed by atoms with E-state index in [9.17, 15) is 14.7 Å². The van der Waals surface area contributed by atoms with Crippen molar-refractivity contribution in [3.8, 4) is 0 Å². The predicted octanol–water partition coefficient (Wildman–Crippen LogP) is 1.99. The van der Waals surface area contributed by atoms with E-state index in [1.54, 1.807) is 0 Å². The number of hydrogen-bond acceptors (Lipinski definition) is 3. The first-order chi connectivity index (χ1) is 8.55. The second-order valence-corrected chi connectivity index (χ2v) is 6.63. The lowest BCUT2D eigenvalue weighted by molar-refractivity contribution is -0.153. The summed E-state index contributed by atoms with van der Waals surface area (Å²) in [5.74, 6) is 1.18. The second kappa shape index (κ2) is 5.51. The van der Waals surface area contributed by atoms with Gasteiger partial charge in [0.05, 0.1) is 5.41 Å². The van der Waals surface area contributed by atoms with Gasteiger partial charge in [0.25, 0.3) is 0 Å². The van der Waals surface area contributed by atoms with E-state index in [4.69, 9.17) is 0 Å². The predicted molar refractivity (Wildman–Crippen MR) is 71.7 cm³/mol. The van der Waals surface area contributed by atoms with Crippen LogP contribution in [0.25, 0.3) is 0 Å². The van der Waals surface area contributed by atoms with Crippen LogP contribution in [0.1, 0.15) is 39.0 Å². The first-order valence-electron chi connectivity index (χ1n) is 6.66. The quantitative estimate of drug-likeness (QED) is 0.853.